The van der Waals surface area contributed by atoms with Crippen LogP contribution < -0.4 is 5.32 Å². The first kappa shape index (κ1) is 15.4. The van der Waals surface area contributed by atoms with E-state index in [-0.39, 0.29) is 23.7 Å². The van der Waals surface area contributed by atoms with Crippen molar-refractivity contribution in [2.45, 2.75) is 6.92 Å². The molecule has 0 aliphatic heterocycles. The van der Waals surface area contributed by atoms with Gasteiger partial charge in [-0.25, -0.2) is 0 Å². The van der Waals surface area contributed by atoms with E-state index >= 15 is 0 Å². The number of nitrogens with one attached hydrogen (secondary N) is 1. The zero-order valence-electron chi connectivity index (χ0n) is 11.6. The molecule has 0 saturated heterocycles. The predicted molar refractivity (Wildman–Crippen MR) is 74.4 cm³/mol. The van der Waals surface area contributed by atoms with Crippen molar-refractivity contribution in [2.24, 2.45) is 5.92 Å². The average molecular weight is 276 g/mol. The highest BCUT2D eigenvalue weighted by molar-refractivity contribution is 5.99. The molecule has 0 aromatic heterocycles. The van der Waals surface area contributed by atoms with E-state index in [0.29, 0.717) is 5.69 Å². The van der Waals surface area contributed by atoms with Gasteiger partial charge in [-0.1, -0.05) is 0 Å². The highest BCUT2D eigenvalue weighted by Crippen LogP contribution is 2.24. The normalized spacial score (nSPS) is 11.3. The Kier molecular flexibility index (Phi) is 5.03. The van der Waals surface area contributed by atoms with Crippen molar-refractivity contribution in [3.8, 4) is 6.07 Å². The molecule has 7 nitrogen and oxygen atoms in total. The van der Waals surface area contributed by atoms with Gasteiger partial charge in [-0.05, 0) is 19.1 Å². The van der Waals surface area contributed by atoms with Gasteiger partial charge in [-0.2, -0.15) is 5.26 Å². The fourth-order valence-corrected chi connectivity index (χ4v) is 1.76. The number of carbonyl (C=O) groups is 1. The third-order valence-electron chi connectivity index (χ3n) is 2.83. The Morgan fingerprint density at radius 1 is 1.60 bits per heavy atom. The number of nitrogens with zero attached hydrogens (tertiary/aromatic N) is 3. The van der Waals surface area contributed by atoms with Crippen molar-refractivity contribution in [1.82, 2.24) is 4.90 Å². The van der Waals surface area contributed by atoms with Crippen LogP contribution in [0.4, 0.5) is 11.4 Å². The van der Waals surface area contributed by atoms with Crippen LogP contribution >= 0.6 is 0 Å². The zero-order valence-corrected chi connectivity index (χ0v) is 11.6. The second-order valence-electron chi connectivity index (χ2n) is 4.45. The molecule has 106 valence electrons. The van der Waals surface area contributed by atoms with Crippen molar-refractivity contribution in [1.29, 1.82) is 5.26 Å². The van der Waals surface area contributed by atoms with Crippen LogP contribution in [0, 0.1) is 27.4 Å². The molecule has 0 saturated carbocycles. The molecule has 1 rings (SSSR count). The lowest BCUT2D eigenvalue weighted by molar-refractivity contribution is -0.385. The highest BCUT2D eigenvalue weighted by atomic mass is 16.6. The highest BCUT2D eigenvalue weighted by Gasteiger charge is 2.24. The van der Waals surface area contributed by atoms with E-state index < -0.39 is 10.8 Å². The van der Waals surface area contributed by atoms with Crippen LogP contribution in [0.15, 0.2) is 18.2 Å². The van der Waals surface area contributed by atoms with Crippen LogP contribution in [0.1, 0.15) is 17.3 Å². The molecule has 20 heavy (non-hydrogen) atoms. The predicted octanol–water partition coefficient (Wildman–Crippen LogP) is 1.87. The molecule has 0 aliphatic carbocycles. The van der Waals surface area contributed by atoms with Gasteiger partial charge in [0.2, 0.25) is 0 Å². The SMILES string of the molecule is CNc1ccc([N+](=O)[O-])c(C(=O)N(C)CC(C)C#N)c1. The molecule has 0 fully saturated rings. The Morgan fingerprint density at radius 3 is 2.75 bits per heavy atom. The first-order chi connectivity index (χ1) is 9.40. The number of carbonyl (C=O) groups excluding carboxylic acids is 1. The Hall–Kier alpha value is -2.62. The van der Waals surface area contributed by atoms with Crippen molar-refractivity contribution in [3.63, 3.8) is 0 Å². The molecule has 7 heteroatoms. The molecule has 1 unspecified atom stereocenters. The summed E-state index contributed by atoms with van der Waals surface area (Å²) in [4.78, 5) is 24.0. The van der Waals surface area contributed by atoms with Gasteiger partial charge in [0.05, 0.1) is 16.9 Å². The lowest BCUT2D eigenvalue weighted by Gasteiger charge is -2.18. The molecule has 1 aromatic carbocycles. The Morgan fingerprint density at radius 2 is 2.25 bits per heavy atom. The molecule has 0 radical (unpaired) electrons. The molecule has 1 aromatic rings. The molecular weight excluding hydrogens is 260 g/mol. The van der Waals surface area contributed by atoms with E-state index in [1.807, 2.05) is 6.07 Å². The summed E-state index contributed by atoms with van der Waals surface area (Å²) >= 11 is 0. The molecule has 1 atom stereocenters. The third kappa shape index (κ3) is 3.45. The zero-order chi connectivity index (χ0) is 15.3. The summed E-state index contributed by atoms with van der Waals surface area (Å²) in [5.74, 6) is -0.814. The van der Waals surface area contributed by atoms with E-state index in [0.717, 1.165) is 0 Å². The molecule has 0 heterocycles. The monoisotopic (exact) mass is 276 g/mol. The number of hydrogen-bond acceptors (Lipinski definition) is 5. The lowest BCUT2D eigenvalue weighted by atomic mass is 10.1. The molecular formula is C13H16N4O3. The number of rotatable bonds is 5. The first-order valence-electron chi connectivity index (χ1n) is 6.02. The standard InChI is InChI=1S/C13H16N4O3/c1-9(7-14)8-16(3)13(18)11-6-10(15-2)4-5-12(11)17(19)20/h4-6,9,15H,8H2,1-3H3. The number of benzene rings is 1. The summed E-state index contributed by atoms with van der Waals surface area (Å²) < 4.78 is 0. The molecule has 0 bridgehead atoms. The second-order valence-corrected chi connectivity index (χ2v) is 4.45. The lowest BCUT2D eigenvalue weighted by Crippen LogP contribution is -2.31. The van der Waals surface area contributed by atoms with Crippen molar-refractivity contribution < 1.29 is 9.72 Å². The number of nitriles is 1. The van der Waals surface area contributed by atoms with Crippen LogP contribution in [0.2, 0.25) is 0 Å². The largest absolute Gasteiger partial charge is 0.388 e. The summed E-state index contributed by atoms with van der Waals surface area (Å²) in [7, 11) is 3.18. The topological polar surface area (TPSA) is 99.3 Å². The number of anilines is 1. The van der Waals surface area contributed by atoms with E-state index in [1.54, 1.807) is 14.0 Å². The minimum atomic E-state index is -0.589. The summed E-state index contributed by atoms with van der Waals surface area (Å²) in [6.45, 7) is 1.90. The minimum Gasteiger partial charge on any atom is -0.388 e. The van der Waals surface area contributed by atoms with Crippen LogP contribution in [-0.4, -0.2) is 36.4 Å². The van der Waals surface area contributed by atoms with Crippen LogP contribution in [0.5, 0.6) is 0 Å². The van der Waals surface area contributed by atoms with Gasteiger partial charge in [-0.15, -0.1) is 0 Å². The Balaban J connectivity index is 3.13. The van der Waals surface area contributed by atoms with E-state index in [2.05, 4.69) is 5.32 Å². The third-order valence-corrected chi connectivity index (χ3v) is 2.83. The second kappa shape index (κ2) is 6.52. The summed E-state index contributed by atoms with van der Waals surface area (Å²) in [6.07, 6.45) is 0. The fourth-order valence-electron chi connectivity index (χ4n) is 1.76. The van der Waals surface area contributed by atoms with E-state index in [1.165, 1.54) is 30.1 Å². The van der Waals surface area contributed by atoms with Crippen molar-refractivity contribution in [3.05, 3.63) is 33.9 Å². The maximum atomic E-state index is 12.3. The number of nitro benzene ring substituents is 1. The van der Waals surface area contributed by atoms with Gasteiger partial charge in [0.25, 0.3) is 11.6 Å². The Bertz CT molecular complexity index is 565. The van der Waals surface area contributed by atoms with Crippen molar-refractivity contribution >= 4 is 17.3 Å². The van der Waals surface area contributed by atoms with Crippen LogP contribution in [-0.2, 0) is 0 Å². The number of nitro groups is 1. The first-order valence-corrected chi connectivity index (χ1v) is 6.02. The van der Waals surface area contributed by atoms with Gasteiger partial charge in [0.15, 0.2) is 0 Å². The van der Waals surface area contributed by atoms with Gasteiger partial charge < -0.3 is 10.2 Å². The van der Waals surface area contributed by atoms with Gasteiger partial charge in [0.1, 0.15) is 5.56 Å². The van der Waals surface area contributed by atoms with Gasteiger partial charge >= 0.3 is 0 Å². The maximum absolute atomic E-state index is 12.3. The summed E-state index contributed by atoms with van der Waals surface area (Å²) in [5.41, 5.74) is 0.376. The van der Waals surface area contributed by atoms with Crippen molar-refractivity contribution in [2.75, 3.05) is 26.0 Å². The maximum Gasteiger partial charge on any atom is 0.282 e. The molecule has 1 amide bonds. The Labute approximate surface area is 117 Å². The molecule has 0 aliphatic rings. The minimum absolute atomic E-state index is 0.00879. The molecule has 0 spiro atoms. The van der Waals surface area contributed by atoms with E-state index in [4.69, 9.17) is 5.26 Å². The number of hydrogen-bond donors (Lipinski definition) is 1. The quantitative estimate of drug-likeness (QED) is 0.653. The fraction of sp³-hybridized carbons (Fsp3) is 0.385. The van der Waals surface area contributed by atoms with Gasteiger partial charge in [-0.3, -0.25) is 14.9 Å². The van der Waals surface area contributed by atoms with Crippen LogP contribution in [0.3, 0.4) is 0 Å². The summed E-state index contributed by atoms with van der Waals surface area (Å²) in [5, 5.41) is 22.6. The molecule has 1 N–H and O–H groups in total. The average Bonchev–Trinajstić information content (AvgIpc) is 2.45. The summed E-state index contributed by atoms with van der Waals surface area (Å²) in [6, 6.07) is 6.29. The van der Waals surface area contributed by atoms with Crippen LogP contribution in [0.25, 0.3) is 0 Å². The number of amides is 1. The van der Waals surface area contributed by atoms with E-state index in [9.17, 15) is 14.9 Å². The smallest absolute Gasteiger partial charge is 0.282 e. The van der Waals surface area contributed by atoms with Gasteiger partial charge in [0, 0.05) is 32.4 Å².